The number of aryl methyl sites for hydroxylation is 3. The maximum Gasteiger partial charge on any atom is 0.255 e. The molecule has 5 heteroatoms. The number of hydrogen-bond donors (Lipinski definition) is 1. The topological polar surface area (TPSA) is 59.3 Å². The molecular weight excluding hydrogens is 264 g/mol. The van der Waals surface area contributed by atoms with Gasteiger partial charge in [0.05, 0.1) is 0 Å². The fraction of sp³-hybridized carbons (Fsp3) is 0.188. The fourth-order valence-corrected chi connectivity index (χ4v) is 2.35. The highest BCUT2D eigenvalue weighted by Crippen LogP contribution is 2.20. The molecule has 0 saturated heterocycles. The van der Waals surface area contributed by atoms with E-state index in [2.05, 4.69) is 15.5 Å². The van der Waals surface area contributed by atoms with Crippen LogP contribution in [0.5, 0.6) is 0 Å². The molecule has 0 atom stereocenters. The SMILES string of the molecule is Cc1cccc(C)c1NC(=O)c1ccn2c(C)nnc2c1. The minimum Gasteiger partial charge on any atom is -0.322 e. The van der Waals surface area contributed by atoms with Crippen LogP contribution in [0.1, 0.15) is 27.3 Å². The molecule has 0 fully saturated rings. The van der Waals surface area contributed by atoms with E-state index in [0.717, 1.165) is 22.6 Å². The average molecular weight is 280 g/mol. The predicted molar refractivity (Wildman–Crippen MR) is 81.6 cm³/mol. The monoisotopic (exact) mass is 280 g/mol. The van der Waals surface area contributed by atoms with Crippen LogP contribution >= 0.6 is 0 Å². The Morgan fingerprint density at radius 3 is 2.52 bits per heavy atom. The van der Waals surface area contributed by atoms with Gasteiger partial charge in [0.15, 0.2) is 5.65 Å². The summed E-state index contributed by atoms with van der Waals surface area (Å²) in [6.07, 6.45) is 1.81. The molecule has 1 aromatic carbocycles. The molecule has 0 radical (unpaired) electrons. The number of para-hydroxylation sites is 1. The van der Waals surface area contributed by atoms with Gasteiger partial charge in [0.2, 0.25) is 0 Å². The zero-order chi connectivity index (χ0) is 15.0. The first-order valence-corrected chi connectivity index (χ1v) is 6.75. The van der Waals surface area contributed by atoms with Crippen LogP contribution in [0.2, 0.25) is 0 Å². The lowest BCUT2D eigenvalue weighted by Gasteiger charge is -2.11. The molecule has 0 unspecified atom stereocenters. The minimum absolute atomic E-state index is 0.143. The number of aromatic nitrogens is 3. The highest BCUT2D eigenvalue weighted by atomic mass is 16.1. The van der Waals surface area contributed by atoms with E-state index < -0.39 is 0 Å². The zero-order valence-corrected chi connectivity index (χ0v) is 12.2. The van der Waals surface area contributed by atoms with Gasteiger partial charge in [-0.2, -0.15) is 0 Å². The second-order valence-corrected chi connectivity index (χ2v) is 5.11. The van der Waals surface area contributed by atoms with Crippen molar-refractivity contribution < 1.29 is 4.79 Å². The number of benzene rings is 1. The van der Waals surface area contributed by atoms with E-state index in [1.807, 2.05) is 49.6 Å². The zero-order valence-electron chi connectivity index (χ0n) is 12.2. The van der Waals surface area contributed by atoms with E-state index in [4.69, 9.17) is 0 Å². The van der Waals surface area contributed by atoms with E-state index in [1.165, 1.54) is 0 Å². The molecule has 0 aliphatic rings. The van der Waals surface area contributed by atoms with Crippen molar-refractivity contribution in [2.75, 3.05) is 5.32 Å². The Morgan fingerprint density at radius 2 is 1.81 bits per heavy atom. The van der Waals surface area contributed by atoms with Gasteiger partial charge in [0, 0.05) is 17.4 Å². The third-order valence-corrected chi connectivity index (χ3v) is 3.56. The number of pyridine rings is 1. The van der Waals surface area contributed by atoms with Gasteiger partial charge in [0.1, 0.15) is 5.82 Å². The number of fused-ring (bicyclic) bond motifs is 1. The lowest BCUT2D eigenvalue weighted by atomic mass is 10.1. The number of anilines is 1. The summed E-state index contributed by atoms with van der Waals surface area (Å²) in [5, 5.41) is 11.0. The lowest BCUT2D eigenvalue weighted by Crippen LogP contribution is -2.14. The number of carbonyl (C=O) groups excluding carboxylic acids is 1. The van der Waals surface area contributed by atoms with Gasteiger partial charge >= 0.3 is 0 Å². The molecule has 0 spiro atoms. The Kier molecular flexibility index (Phi) is 3.17. The van der Waals surface area contributed by atoms with Crippen LogP contribution in [-0.2, 0) is 0 Å². The normalized spacial score (nSPS) is 10.8. The maximum absolute atomic E-state index is 12.4. The van der Waals surface area contributed by atoms with Gasteiger partial charge < -0.3 is 5.32 Å². The number of hydrogen-bond acceptors (Lipinski definition) is 3. The molecule has 1 N–H and O–H groups in total. The molecule has 0 aliphatic carbocycles. The first-order valence-electron chi connectivity index (χ1n) is 6.75. The highest BCUT2D eigenvalue weighted by molar-refractivity contribution is 6.05. The summed E-state index contributed by atoms with van der Waals surface area (Å²) < 4.78 is 1.84. The quantitative estimate of drug-likeness (QED) is 0.785. The molecule has 5 nitrogen and oxygen atoms in total. The summed E-state index contributed by atoms with van der Waals surface area (Å²) >= 11 is 0. The number of carbonyl (C=O) groups is 1. The van der Waals surface area contributed by atoms with Crippen molar-refractivity contribution in [3.05, 3.63) is 59.0 Å². The van der Waals surface area contributed by atoms with Crippen LogP contribution in [0.4, 0.5) is 5.69 Å². The molecule has 3 rings (SSSR count). The van der Waals surface area contributed by atoms with Gasteiger partial charge in [-0.3, -0.25) is 9.20 Å². The Bertz CT molecular complexity index is 815. The maximum atomic E-state index is 12.4. The fourth-order valence-electron chi connectivity index (χ4n) is 2.35. The summed E-state index contributed by atoms with van der Waals surface area (Å²) in [7, 11) is 0. The Hall–Kier alpha value is -2.69. The number of nitrogens with one attached hydrogen (secondary N) is 1. The summed E-state index contributed by atoms with van der Waals surface area (Å²) in [6, 6.07) is 9.45. The van der Waals surface area contributed by atoms with E-state index in [0.29, 0.717) is 11.2 Å². The van der Waals surface area contributed by atoms with Crippen molar-refractivity contribution in [2.24, 2.45) is 0 Å². The standard InChI is InChI=1S/C16H16N4O/c1-10-5-4-6-11(2)15(10)17-16(21)13-7-8-20-12(3)18-19-14(20)9-13/h4-9H,1-3H3,(H,17,21). The summed E-state index contributed by atoms with van der Waals surface area (Å²) in [6.45, 7) is 5.83. The second kappa shape index (κ2) is 5.01. The lowest BCUT2D eigenvalue weighted by molar-refractivity contribution is 0.102. The molecule has 2 heterocycles. The van der Waals surface area contributed by atoms with Gasteiger partial charge in [0.25, 0.3) is 5.91 Å². The summed E-state index contributed by atoms with van der Waals surface area (Å²) in [4.78, 5) is 12.4. The summed E-state index contributed by atoms with van der Waals surface area (Å²) in [5.74, 6) is 0.655. The Balaban J connectivity index is 1.93. The van der Waals surface area contributed by atoms with Crippen LogP contribution in [0.25, 0.3) is 5.65 Å². The van der Waals surface area contributed by atoms with Crippen molar-refractivity contribution >= 4 is 17.2 Å². The molecule has 2 aromatic heterocycles. The van der Waals surface area contributed by atoms with E-state index in [-0.39, 0.29) is 5.91 Å². The van der Waals surface area contributed by atoms with Gasteiger partial charge in [-0.15, -0.1) is 10.2 Å². The Labute approximate surface area is 122 Å². The molecule has 0 bridgehead atoms. The van der Waals surface area contributed by atoms with Gasteiger partial charge in [-0.25, -0.2) is 0 Å². The first kappa shape index (κ1) is 13.3. The van der Waals surface area contributed by atoms with Crippen molar-refractivity contribution in [2.45, 2.75) is 20.8 Å². The molecule has 3 aromatic rings. The van der Waals surface area contributed by atoms with Gasteiger partial charge in [-0.05, 0) is 44.0 Å². The van der Waals surface area contributed by atoms with Crippen LogP contribution < -0.4 is 5.32 Å². The first-order chi connectivity index (χ1) is 10.1. The molecule has 0 aliphatic heterocycles. The molecule has 1 amide bonds. The number of amides is 1. The minimum atomic E-state index is -0.143. The van der Waals surface area contributed by atoms with Crippen LogP contribution in [-0.4, -0.2) is 20.5 Å². The molecule has 0 saturated carbocycles. The van der Waals surface area contributed by atoms with Crippen molar-refractivity contribution in [3.8, 4) is 0 Å². The number of rotatable bonds is 2. The van der Waals surface area contributed by atoms with Crippen LogP contribution in [0.3, 0.4) is 0 Å². The van der Waals surface area contributed by atoms with Crippen LogP contribution in [0, 0.1) is 20.8 Å². The van der Waals surface area contributed by atoms with Crippen molar-refractivity contribution in [3.63, 3.8) is 0 Å². The highest BCUT2D eigenvalue weighted by Gasteiger charge is 2.11. The van der Waals surface area contributed by atoms with Crippen molar-refractivity contribution in [1.29, 1.82) is 0 Å². The molecular formula is C16H16N4O. The summed E-state index contributed by atoms with van der Waals surface area (Å²) in [5.41, 5.74) is 4.18. The van der Waals surface area contributed by atoms with Crippen LogP contribution in [0.15, 0.2) is 36.5 Å². The smallest absolute Gasteiger partial charge is 0.255 e. The van der Waals surface area contributed by atoms with E-state index in [9.17, 15) is 4.79 Å². The number of nitrogens with zero attached hydrogens (tertiary/aromatic N) is 3. The third-order valence-electron chi connectivity index (χ3n) is 3.56. The third kappa shape index (κ3) is 2.38. The van der Waals surface area contributed by atoms with E-state index >= 15 is 0 Å². The van der Waals surface area contributed by atoms with Crippen molar-refractivity contribution in [1.82, 2.24) is 14.6 Å². The second-order valence-electron chi connectivity index (χ2n) is 5.11. The molecule has 21 heavy (non-hydrogen) atoms. The average Bonchev–Trinajstić information content (AvgIpc) is 2.84. The van der Waals surface area contributed by atoms with E-state index in [1.54, 1.807) is 12.1 Å². The van der Waals surface area contributed by atoms with Gasteiger partial charge in [-0.1, -0.05) is 18.2 Å². The molecule has 106 valence electrons. The Morgan fingerprint density at radius 1 is 1.10 bits per heavy atom. The predicted octanol–water partition coefficient (Wildman–Crippen LogP) is 2.91. The largest absolute Gasteiger partial charge is 0.322 e.